The van der Waals surface area contributed by atoms with Crippen molar-refractivity contribution >= 4 is 29.2 Å². The van der Waals surface area contributed by atoms with E-state index in [2.05, 4.69) is 5.32 Å². The van der Waals surface area contributed by atoms with Crippen molar-refractivity contribution in [2.45, 2.75) is 6.92 Å². The van der Waals surface area contributed by atoms with Gasteiger partial charge in [-0.05, 0) is 43.3 Å². The lowest BCUT2D eigenvalue weighted by Crippen LogP contribution is -2.15. The van der Waals surface area contributed by atoms with E-state index < -0.39 is 5.97 Å². The first-order chi connectivity index (χ1) is 11.1. The van der Waals surface area contributed by atoms with Crippen LogP contribution >= 0.6 is 11.6 Å². The zero-order chi connectivity index (χ0) is 16.7. The SMILES string of the molecule is CCOC(=O)COc1ccc(C(=O)Nc2ccccc2Cl)cc1. The zero-order valence-corrected chi connectivity index (χ0v) is 13.3. The summed E-state index contributed by atoms with van der Waals surface area (Å²) in [6.45, 7) is 1.87. The van der Waals surface area contributed by atoms with E-state index in [-0.39, 0.29) is 12.5 Å². The quantitative estimate of drug-likeness (QED) is 0.821. The first-order valence-electron chi connectivity index (χ1n) is 7.04. The van der Waals surface area contributed by atoms with Crippen molar-refractivity contribution in [3.8, 4) is 5.75 Å². The summed E-state index contributed by atoms with van der Waals surface area (Å²) in [6.07, 6.45) is 0. The van der Waals surface area contributed by atoms with Crippen LogP contribution in [0.25, 0.3) is 0 Å². The Morgan fingerprint density at radius 2 is 1.78 bits per heavy atom. The fraction of sp³-hybridized carbons (Fsp3) is 0.176. The molecule has 0 radical (unpaired) electrons. The van der Waals surface area contributed by atoms with E-state index in [4.69, 9.17) is 21.1 Å². The average molecular weight is 334 g/mol. The average Bonchev–Trinajstić information content (AvgIpc) is 2.56. The minimum Gasteiger partial charge on any atom is -0.482 e. The molecular weight excluding hydrogens is 318 g/mol. The number of esters is 1. The second-order valence-corrected chi connectivity index (χ2v) is 4.96. The Kier molecular flexibility index (Phi) is 6.00. The van der Waals surface area contributed by atoms with Gasteiger partial charge in [0, 0.05) is 5.56 Å². The largest absolute Gasteiger partial charge is 0.482 e. The van der Waals surface area contributed by atoms with Crippen LogP contribution < -0.4 is 10.1 Å². The van der Waals surface area contributed by atoms with Crippen LogP contribution in [0.2, 0.25) is 5.02 Å². The Balaban J connectivity index is 1.95. The number of amides is 1. The van der Waals surface area contributed by atoms with Gasteiger partial charge in [-0.15, -0.1) is 0 Å². The van der Waals surface area contributed by atoms with Gasteiger partial charge < -0.3 is 14.8 Å². The van der Waals surface area contributed by atoms with Crippen LogP contribution in [-0.4, -0.2) is 25.1 Å². The molecule has 0 aromatic heterocycles. The molecule has 0 bridgehead atoms. The third kappa shape index (κ3) is 5.00. The van der Waals surface area contributed by atoms with Gasteiger partial charge in [0.25, 0.3) is 5.91 Å². The molecule has 6 heteroatoms. The summed E-state index contributed by atoms with van der Waals surface area (Å²) >= 11 is 6.00. The topological polar surface area (TPSA) is 64.6 Å². The number of benzene rings is 2. The van der Waals surface area contributed by atoms with E-state index >= 15 is 0 Å². The third-order valence-electron chi connectivity index (χ3n) is 2.90. The van der Waals surface area contributed by atoms with Crippen molar-refractivity contribution in [1.29, 1.82) is 0 Å². The fourth-order valence-electron chi connectivity index (χ4n) is 1.80. The first-order valence-corrected chi connectivity index (χ1v) is 7.42. The zero-order valence-electron chi connectivity index (χ0n) is 12.5. The van der Waals surface area contributed by atoms with Gasteiger partial charge in [-0.25, -0.2) is 4.79 Å². The highest BCUT2D eigenvalue weighted by Gasteiger charge is 2.09. The van der Waals surface area contributed by atoms with Crippen LogP contribution in [-0.2, 0) is 9.53 Å². The molecule has 120 valence electrons. The van der Waals surface area contributed by atoms with E-state index in [1.165, 1.54) is 0 Å². The molecule has 2 aromatic rings. The number of hydrogen-bond donors (Lipinski definition) is 1. The van der Waals surface area contributed by atoms with Gasteiger partial charge in [0.05, 0.1) is 17.3 Å². The number of nitrogens with one attached hydrogen (secondary N) is 1. The predicted molar refractivity (Wildman–Crippen MR) is 88.0 cm³/mol. The second kappa shape index (κ2) is 8.19. The molecular formula is C17H16ClNO4. The molecule has 0 spiro atoms. The first kappa shape index (κ1) is 16.8. The molecule has 5 nitrogen and oxygen atoms in total. The molecule has 0 aliphatic rings. The van der Waals surface area contributed by atoms with E-state index in [0.29, 0.717) is 28.6 Å². The standard InChI is InChI=1S/C17H16ClNO4/c1-2-22-16(20)11-23-13-9-7-12(8-10-13)17(21)19-15-6-4-3-5-14(15)18/h3-10H,2,11H2,1H3,(H,19,21). The molecule has 0 atom stereocenters. The second-order valence-electron chi connectivity index (χ2n) is 4.55. The number of rotatable bonds is 6. The van der Waals surface area contributed by atoms with E-state index in [0.717, 1.165) is 0 Å². The number of anilines is 1. The Hall–Kier alpha value is -2.53. The molecule has 0 unspecified atom stereocenters. The van der Waals surface area contributed by atoms with Crippen LogP contribution in [0.1, 0.15) is 17.3 Å². The Morgan fingerprint density at radius 3 is 2.43 bits per heavy atom. The van der Waals surface area contributed by atoms with Crippen LogP contribution in [0.4, 0.5) is 5.69 Å². The van der Waals surface area contributed by atoms with Crippen molar-refractivity contribution in [3.05, 3.63) is 59.1 Å². The predicted octanol–water partition coefficient (Wildman–Crippen LogP) is 3.53. The van der Waals surface area contributed by atoms with Gasteiger partial charge in [0.15, 0.2) is 6.61 Å². The van der Waals surface area contributed by atoms with Gasteiger partial charge in [0.1, 0.15) is 5.75 Å². The molecule has 0 aliphatic carbocycles. The lowest BCUT2D eigenvalue weighted by Gasteiger charge is -2.08. The molecule has 1 N–H and O–H groups in total. The molecule has 0 aliphatic heterocycles. The van der Waals surface area contributed by atoms with E-state index in [1.807, 2.05) is 0 Å². The summed E-state index contributed by atoms with van der Waals surface area (Å²) in [5.41, 5.74) is 0.996. The maximum atomic E-state index is 12.1. The Bertz CT molecular complexity index is 685. The van der Waals surface area contributed by atoms with Crippen molar-refractivity contribution in [2.24, 2.45) is 0 Å². The maximum Gasteiger partial charge on any atom is 0.344 e. The van der Waals surface area contributed by atoms with Crippen LogP contribution in [0.15, 0.2) is 48.5 Å². The number of hydrogen-bond acceptors (Lipinski definition) is 4. The molecule has 0 saturated heterocycles. The summed E-state index contributed by atoms with van der Waals surface area (Å²) < 4.78 is 10.0. The summed E-state index contributed by atoms with van der Waals surface area (Å²) in [6, 6.07) is 13.4. The summed E-state index contributed by atoms with van der Waals surface area (Å²) in [4.78, 5) is 23.3. The number of carbonyl (C=O) groups is 2. The van der Waals surface area contributed by atoms with Crippen molar-refractivity contribution in [3.63, 3.8) is 0 Å². The van der Waals surface area contributed by atoms with Gasteiger partial charge >= 0.3 is 5.97 Å². The van der Waals surface area contributed by atoms with Gasteiger partial charge in [0.2, 0.25) is 0 Å². The Labute approximate surface area is 139 Å². The molecule has 0 fully saturated rings. The van der Waals surface area contributed by atoms with E-state index in [1.54, 1.807) is 55.5 Å². The van der Waals surface area contributed by atoms with Crippen molar-refractivity contribution in [2.75, 3.05) is 18.5 Å². The Morgan fingerprint density at radius 1 is 1.09 bits per heavy atom. The summed E-state index contributed by atoms with van der Waals surface area (Å²) in [5, 5.41) is 3.19. The fourth-order valence-corrected chi connectivity index (χ4v) is 1.99. The van der Waals surface area contributed by atoms with E-state index in [9.17, 15) is 9.59 Å². The summed E-state index contributed by atoms with van der Waals surface area (Å²) in [5.74, 6) is -0.240. The van der Waals surface area contributed by atoms with Gasteiger partial charge in [-0.1, -0.05) is 23.7 Å². The van der Waals surface area contributed by atoms with Gasteiger partial charge in [-0.2, -0.15) is 0 Å². The molecule has 0 saturated carbocycles. The van der Waals surface area contributed by atoms with Crippen LogP contribution in [0, 0.1) is 0 Å². The number of carbonyl (C=O) groups excluding carboxylic acids is 2. The van der Waals surface area contributed by atoms with Crippen molar-refractivity contribution < 1.29 is 19.1 Å². The van der Waals surface area contributed by atoms with Gasteiger partial charge in [-0.3, -0.25) is 4.79 Å². The molecule has 1 amide bonds. The van der Waals surface area contributed by atoms with Crippen LogP contribution in [0.5, 0.6) is 5.75 Å². The number of para-hydroxylation sites is 1. The highest BCUT2D eigenvalue weighted by atomic mass is 35.5. The van der Waals surface area contributed by atoms with Crippen molar-refractivity contribution in [1.82, 2.24) is 0 Å². The van der Waals surface area contributed by atoms with Crippen LogP contribution in [0.3, 0.4) is 0 Å². The molecule has 2 aromatic carbocycles. The highest BCUT2D eigenvalue weighted by Crippen LogP contribution is 2.21. The lowest BCUT2D eigenvalue weighted by molar-refractivity contribution is -0.145. The normalized spacial score (nSPS) is 10.0. The molecule has 2 rings (SSSR count). The molecule has 23 heavy (non-hydrogen) atoms. The maximum absolute atomic E-state index is 12.1. The highest BCUT2D eigenvalue weighted by molar-refractivity contribution is 6.33. The minimum atomic E-state index is -0.437. The lowest BCUT2D eigenvalue weighted by atomic mass is 10.2. The smallest absolute Gasteiger partial charge is 0.344 e. The molecule has 0 heterocycles. The number of halogens is 1. The third-order valence-corrected chi connectivity index (χ3v) is 3.23. The minimum absolute atomic E-state index is 0.168. The number of ether oxygens (including phenoxy) is 2. The summed E-state index contributed by atoms with van der Waals surface area (Å²) in [7, 11) is 0. The monoisotopic (exact) mass is 333 g/mol.